The number of esters is 1. The Labute approximate surface area is 163 Å². The molecule has 0 aliphatic carbocycles. The third-order valence-corrected chi connectivity index (χ3v) is 4.28. The van der Waals surface area contributed by atoms with Gasteiger partial charge in [0.1, 0.15) is 18.8 Å². The first-order valence-electron chi connectivity index (χ1n) is 9.02. The second-order valence-electron chi connectivity index (χ2n) is 6.34. The number of hydrogen-bond donors (Lipinski definition) is 4. The van der Waals surface area contributed by atoms with E-state index in [1.807, 2.05) is 30.3 Å². The van der Waals surface area contributed by atoms with Crippen LogP contribution in [0.3, 0.4) is 0 Å². The van der Waals surface area contributed by atoms with Gasteiger partial charge >= 0.3 is 12.1 Å². The van der Waals surface area contributed by atoms with E-state index in [9.17, 15) is 19.8 Å². The lowest BCUT2D eigenvalue weighted by molar-refractivity contribution is 0.0158. The van der Waals surface area contributed by atoms with E-state index in [1.54, 1.807) is 20.8 Å². The van der Waals surface area contributed by atoms with Crippen molar-refractivity contribution in [2.24, 2.45) is 0 Å². The van der Waals surface area contributed by atoms with Gasteiger partial charge in [0.05, 0.1) is 17.9 Å². The second-order valence-corrected chi connectivity index (χ2v) is 6.34. The van der Waals surface area contributed by atoms with E-state index >= 15 is 0 Å². The summed E-state index contributed by atoms with van der Waals surface area (Å²) in [7, 11) is 0. The van der Waals surface area contributed by atoms with Gasteiger partial charge in [-0.3, -0.25) is 0 Å². The van der Waals surface area contributed by atoms with Crippen molar-refractivity contribution in [2.75, 3.05) is 13.2 Å². The zero-order chi connectivity index (χ0) is 20.7. The summed E-state index contributed by atoms with van der Waals surface area (Å²) in [6.45, 7) is 5.16. The maximum absolute atomic E-state index is 12.0. The number of aromatic nitrogens is 1. The largest absolute Gasteiger partial charge is 0.462 e. The molecule has 1 aromatic heterocycles. The van der Waals surface area contributed by atoms with Gasteiger partial charge in [-0.25, -0.2) is 9.59 Å². The van der Waals surface area contributed by atoms with Gasteiger partial charge in [0.2, 0.25) is 0 Å². The molecule has 8 heteroatoms. The van der Waals surface area contributed by atoms with Crippen LogP contribution < -0.4 is 5.32 Å². The first-order valence-corrected chi connectivity index (χ1v) is 9.02. The van der Waals surface area contributed by atoms with Crippen LogP contribution in [0.4, 0.5) is 4.79 Å². The van der Waals surface area contributed by atoms with Crippen molar-refractivity contribution >= 4 is 12.1 Å². The molecule has 0 fully saturated rings. The fourth-order valence-corrected chi connectivity index (χ4v) is 2.85. The monoisotopic (exact) mass is 390 g/mol. The van der Waals surface area contributed by atoms with Crippen LogP contribution in [-0.4, -0.2) is 46.5 Å². The minimum atomic E-state index is -1.32. The molecule has 0 bridgehead atoms. The highest BCUT2D eigenvalue weighted by Gasteiger charge is 2.27. The predicted molar refractivity (Wildman–Crippen MR) is 102 cm³/mol. The van der Waals surface area contributed by atoms with E-state index in [0.717, 1.165) is 5.56 Å². The number of amides is 1. The topological polar surface area (TPSA) is 121 Å². The summed E-state index contributed by atoms with van der Waals surface area (Å²) in [6, 6.07) is 9.18. The molecule has 28 heavy (non-hydrogen) atoms. The molecule has 4 N–H and O–H groups in total. The van der Waals surface area contributed by atoms with Gasteiger partial charge in [-0.2, -0.15) is 0 Å². The number of rotatable bonds is 8. The summed E-state index contributed by atoms with van der Waals surface area (Å²) in [5.41, 5.74) is 2.50. The number of carbonyl (C=O) groups is 2. The van der Waals surface area contributed by atoms with Gasteiger partial charge in [-0.15, -0.1) is 0 Å². The van der Waals surface area contributed by atoms with Crippen molar-refractivity contribution in [3.05, 3.63) is 58.4 Å². The number of aryl methyl sites for hydroxylation is 1. The maximum Gasteiger partial charge on any atom is 0.407 e. The molecule has 1 heterocycles. The lowest BCUT2D eigenvalue weighted by atomic mass is 10.0. The minimum absolute atomic E-state index is 0.100. The number of aliphatic hydroxyl groups is 2. The quantitative estimate of drug-likeness (QED) is 0.513. The van der Waals surface area contributed by atoms with Gasteiger partial charge in [0.15, 0.2) is 0 Å². The van der Waals surface area contributed by atoms with E-state index in [1.165, 1.54) is 0 Å². The lowest BCUT2D eigenvalue weighted by Crippen LogP contribution is -2.36. The molecule has 1 amide bonds. The predicted octanol–water partition coefficient (Wildman–Crippen LogP) is 2.13. The van der Waals surface area contributed by atoms with E-state index in [4.69, 9.17) is 9.47 Å². The Bertz CT molecular complexity index is 803. The van der Waals surface area contributed by atoms with E-state index in [2.05, 4.69) is 10.3 Å². The highest BCUT2D eigenvalue weighted by Crippen LogP contribution is 2.26. The number of ether oxygens (including phenoxy) is 2. The third kappa shape index (κ3) is 5.34. The molecule has 0 spiro atoms. The molecule has 2 rings (SSSR count). The summed E-state index contributed by atoms with van der Waals surface area (Å²) in [4.78, 5) is 26.7. The number of carbonyl (C=O) groups excluding carboxylic acids is 2. The van der Waals surface area contributed by atoms with Crippen LogP contribution in [0.15, 0.2) is 30.3 Å². The van der Waals surface area contributed by atoms with E-state index in [-0.39, 0.29) is 19.8 Å². The molecular formula is C20H26N2O6. The summed E-state index contributed by atoms with van der Waals surface area (Å²) >= 11 is 0. The fourth-order valence-electron chi connectivity index (χ4n) is 2.85. The van der Waals surface area contributed by atoms with E-state index < -0.39 is 24.3 Å². The summed E-state index contributed by atoms with van der Waals surface area (Å²) in [5, 5.41) is 23.0. The number of nitrogens with one attached hydrogen (secondary N) is 2. The number of aromatic amines is 1. The van der Waals surface area contributed by atoms with E-state index in [0.29, 0.717) is 22.5 Å². The summed E-state index contributed by atoms with van der Waals surface area (Å²) in [5.74, 6) is -0.496. The fraction of sp³-hybridized carbons (Fsp3) is 0.400. The zero-order valence-electron chi connectivity index (χ0n) is 16.2. The number of H-pyrrole nitrogens is 1. The first kappa shape index (κ1) is 21.5. The molecule has 0 aliphatic rings. The highest BCUT2D eigenvalue weighted by molar-refractivity contribution is 5.92. The Morgan fingerprint density at radius 1 is 1.14 bits per heavy atom. The van der Waals surface area contributed by atoms with Crippen LogP contribution in [0.2, 0.25) is 0 Å². The zero-order valence-corrected chi connectivity index (χ0v) is 16.2. The Morgan fingerprint density at radius 3 is 2.46 bits per heavy atom. The normalized spacial score (nSPS) is 12.9. The van der Waals surface area contributed by atoms with Gasteiger partial charge in [0.25, 0.3) is 0 Å². The van der Waals surface area contributed by atoms with Gasteiger partial charge < -0.3 is 30.0 Å². The summed E-state index contributed by atoms with van der Waals surface area (Å²) < 4.78 is 10.1. The van der Waals surface area contributed by atoms with Crippen molar-refractivity contribution in [1.29, 1.82) is 0 Å². The van der Waals surface area contributed by atoms with Crippen molar-refractivity contribution in [3.8, 4) is 0 Å². The third-order valence-electron chi connectivity index (χ3n) is 4.28. The van der Waals surface area contributed by atoms with Gasteiger partial charge in [-0.05, 0) is 31.9 Å². The number of aliphatic hydroxyl groups excluding tert-OH is 2. The molecule has 0 aliphatic heterocycles. The molecule has 2 aromatic rings. The smallest absolute Gasteiger partial charge is 0.407 e. The molecule has 8 nitrogen and oxygen atoms in total. The molecule has 1 aromatic carbocycles. The number of alkyl carbamates (subject to hydrolysis) is 1. The van der Waals surface area contributed by atoms with Crippen LogP contribution >= 0.6 is 0 Å². The summed E-state index contributed by atoms with van der Waals surface area (Å²) in [6.07, 6.45) is -3.32. The standard InChI is InChI=1S/C20H26N2O6/c1-4-27-19(25)16-12(2)17(22-13(16)3)18(24)15(23)10-21-20(26)28-11-14-8-6-5-7-9-14/h5-9,15,18,22-24H,4,10-11H2,1-3H3,(H,21,26). The number of hydrogen-bond acceptors (Lipinski definition) is 6. The van der Waals surface area contributed by atoms with Gasteiger partial charge in [0, 0.05) is 12.2 Å². The molecule has 2 atom stereocenters. The molecule has 0 saturated heterocycles. The van der Waals surface area contributed by atoms with Crippen molar-refractivity contribution in [3.63, 3.8) is 0 Å². The lowest BCUT2D eigenvalue weighted by Gasteiger charge is -2.18. The average molecular weight is 390 g/mol. The molecular weight excluding hydrogens is 364 g/mol. The Morgan fingerprint density at radius 2 is 1.82 bits per heavy atom. The first-order chi connectivity index (χ1) is 13.3. The maximum atomic E-state index is 12.0. The van der Waals surface area contributed by atoms with Crippen molar-refractivity contribution in [1.82, 2.24) is 10.3 Å². The Kier molecular flexibility index (Phi) is 7.60. The van der Waals surface area contributed by atoms with Crippen LogP contribution in [0.1, 0.15) is 45.9 Å². The minimum Gasteiger partial charge on any atom is -0.462 e. The molecule has 0 saturated carbocycles. The highest BCUT2D eigenvalue weighted by atomic mass is 16.5. The van der Waals surface area contributed by atoms with Crippen LogP contribution in [-0.2, 0) is 16.1 Å². The molecule has 2 unspecified atom stereocenters. The second kappa shape index (κ2) is 9.91. The average Bonchev–Trinajstić information content (AvgIpc) is 2.99. The van der Waals surface area contributed by atoms with Crippen molar-refractivity contribution < 1.29 is 29.3 Å². The Balaban J connectivity index is 1.92. The molecule has 152 valence electrons. The van der Waals surface area contributed by atoms with Crippen molar-refractivity contribution in [2.45, 2.75) is 39.6 Å². The molecule has 0 radical (unpaired) electrons. The van der Waals surface area contributed by atoms with Crippen LogP contribution in [0.25, 0.3) is 0 Å². The SMILES string of the molecule is CCOC(=O)c1c(C)[nH]c(C(O)C(O)CNC(=O)OCc2ccccc2)c1C. The van der Waals surface area contributed by atoms with Crippen LogP contribution in [0, 0.1) is 13.8 Å². The van der Waals surface area contributed by atoms with Crippen LogP contribution in [0.5, 0.6) is 0 Å². The van der Waals surface area contributed by atoms with Gasteiger partial charge in [-0.1, -0.05) is 30.3 Å². The Hall–Kier alpha value is -2.84. The number of benzene rings is 1.